The summed E-state index contributed by atoms with van der Waals surface area (Å²) in [5.74, 6) is 0.358. The van der Waals surface area contributed by atoms with Crippen LogP contribution >= 0.6 is 0 Å². The number of aromatic amines is 1. The van der Waals surface area contributed by atoms with Gasteiger partial charge in [0.05, 0.1) is 13.2 Å². The monoisotopic (exact) mass is 391 g/mol. The number of aliphatic hydroxyl groups excluding tert-OH is 1. The van der Waals surface area contributed by atoms with Crippen LogP contribution in [0, 0.1) is 0 Å². The van der Waals surface area contributed by atoms with Gasteiger partial charge in [-0.15, -0.1) is 0 Å². The van der Waals surface area contributed by atoms with Crippen LogP contribution < -0.4 is 10.5 Å². The third-order valence-electron chi connectivity index (χ3n) is 4.15. The minimum Gasteiger partial charge on any atom is -0.390 e. The van der Waals surface area contributed by atoms with Gasteiger partial charge in [-0.25, -0.2) is 13.5 Å². The second kappa shape index (κ2) is 8.47. The summed E-state index contributed by atoms with van der Waals surface area (Å²) in [6.45, 7) is -0.163. The number of hydrogen-bond acceptors (Lipinski definition) is 5. The first kappa shape index (κ1) is 19.9. The fourth-order valence-electron chi connectivity index (χ4n) is 2.51. The molecular formula is C19H23F2N5O2. The summed E-state index contributed by atoms with van der Waals surface area (Å²) in [6, 6.07) is 5.86. The Labute approximate surface area is 160 Å². The van der Waals surface area contributed by atoms with E-state index in [4.69, 9.17) is 0 Å². The molecule has 0 saturated heterocycles. The maximum Gasteiger partial charge on any atom is 0.263 e. The zero-order chi connectivity index (χ0) is 20.3. The standard InChI is InChI=1S/C16H17F2N5O2.C3H6/c1-22(2)16-19-14-12(15(25)20-16)11(8-24)21-23(14)7-9-3-5-10(6-4-9)13(17)18;1-2-3-1/h3-6,13,24H,7-8H2,1-2H3,(H,19,20,25);1-3H2. The highest BCUT2D eigenvalue weighted by atomic mass is 19.3. The molecule has 1 aromatic carbocycles. The molecule has 7 nitrogen and oxygen atoms in total. The lowest BCUT2D eigenvalue weighted by molar-refractivity contribution is 0.151. The second-order valence-electron chi connectivity index (χ2n) is 6.85. The molecule has 0 unspecified atom stereocenters. The van der Waals surface area contributed by atoms with E-state index in [0.717, 1.165) is 5.56 Å². The molecule has 9 heteroatoms. The zero-order valence-corrected chi connectivity index (χ0v) is 15.8. The summed E-state index contributed by atoms with van der Waals surface area (Å²) in [4.78, 5) is 21.0. The van der Waals surface area contributed by atoms with E-state index in [9.17, 15) is 18.7 Å². The van der Waals surface area contributed by atoms with E-state index in [1.807, 2.05) is 0 Å². The normalized spacial score (nSPS) is 12.8. The van der Waals surface area contributed by atoms with Gasteiger partial charge in [0.1, 0.15) is 11.1 Å². The number of rotatable bonds is 5. The van der Waals surface area contributed by atoms with Crippen molar-refractivity contribution in [3.05, 3.63) is 51.4 Å². The van der Waals surface area contributed by atoms with Gasteiger partial charge in [-0.1, -0.05) is 43.5 Å². The molecule has 1 aliphatic rings. The summed E-state index contributed by atoms with van der Waals surface area (Å²) in [5, 5.41) is 13.9. The van der Waals surface area contributed by atoms with Crippen molar-refractivity contribution >= 4 is 17.0 Å². The summed E-state index contributed by atoms with van der Waals surface area (Å²) in [6.07, 6.45) is 1.98. The smallest absolute Gasteiger partial charge is 0.263 e. The fraction of sp³-hybridized carbons (Fsp3) is 0.421. The number of nitrogens with one attached hydrogen (secondary N) is 1. The lowest BCUT2D eigenvalue weighted by atomic mass is 10.1. The molecule has 0 spiro atoms. The van der Waals surface area contributed by atoms with Gasteiger partial charge in [0, 0.05) is 19.7 Å². The zero-order valence-electron chi connectivity index (χ0n) is 15.8. The Balaban J connectivity index is 0.000000684. The van der Waals surface area contributed by atoms with Gasteiger partial charge in [-0.3, -0.25) is 9.78 Å². The number of aromatic nitrogens is 4. The van der Waals surface area contributed by atoms with Gasteiger partial charge in [0.15, 0.2) is 5.65 Å². The highest BCUT2D eigenvalue weighted by Gasteiger charge is 2.17. The highest BCUT2D eigenvalue weighted by Crippen LogP contribution is 2.20. The molecule has 2 heterocycles. The van der Waals surface area contributed by atoms with Crippen LogP contribution in [-0.2, 0) is 13.2 Å². The quantitative estimate of drug-likeness (QED) is 0.698. The van der Waals surface area contributed by atoms with Crippen molar-refractivity contribution in [2.24, 2.45) is 0 Å². The molecule has 4 rings (SSSR count). The van der Waals surface area contributed by atoms with Crippen LogP contribution in [0.15, 0.2) is 29.1 Å². The lowest BCUT2D eigenvalue weighted by Crippen LogP contribution is -2.19. The summed E-state index contributed by atoms with van der Waals surface area (Å²) < 4.78 is 26.8. The number of benzene rings is 1. The molecular weight excluding hydrogens is 368 g/mol. The number of H-pyrrole nitrogens is 1. The predicted octanol–water partition coefficient (Wildman–Crippen LogP) is 2.83. The molecule has 0 amide bonds. The molecule has 0 radical (unpaired) electrons. The van der Waals surface area contributed by atoms with Gasteiger partial charge < -0.3 is 10.0 Å². The minimum absolute atomic E-state index is 0.0606. The molecule has 2 aromatic heterocycles. The van der Waals surface area contributed by atoms with Crippen molar-refractivity contribution in [2.45, 2.75) is 38.8 Å². The first-order valence-electron chi connectivity index (χ1n) is 9.05. The predicted molar refractivity (Wildman–Crippen MR) is 103 cm³/mol. The maximum atomic E-state index is 12.6. The van der Waals surface area contributed by atoms with Gasteiger partial charge in [-0.05, 0) is 5.56 Å². The summed E-state index contributed by atoms with van der Waals surface area (Å²) in [7, 11) is 3.47. The summed E-state index contributed by atoms with van der Waals surface area (Å²) >= 11 is 0. The van der Waals surface area contributed by atoms with Crippen molar-refractivity contribution < 1.29 is 13.9 Å². The Morgan fingerprint density at radius 2 is 1.86 bits per heavy atom. The molecule has 1 aliphatic carbocycles. The van der Waals surface area contributed by atoms with Crippen molar-refractivity contribution in [3.63, 3.8) is 0 Å². The molecule has 1 saturated carbocycles. The third kappa shape index (κ3) is 4.53. The van der Waals surface area contributed by atoms with E-state index in [0.29, 0.717) is 11.6 Å². The average Bonchev–Trinajstić information content (AvgIpc) is 3.51. The van der Waals surface area contributed by atoms with E-state index < -0.39 is 18.6 Å². The lowest BCUT2D eigenvalue weighted by Gasteiger charge is -2.11. The molecule has 1 fully saturated rings. The second-order valence-corrected chi connectivity index (χ2v) is 6.85. The van der Waals surface area contributed by atoms with Crippen LogP contribution in [0.5, 0.6) is 0 Å². The van der Waals surface area contributed by atoms with Crippen molar-refractivity contribution in [1.29, 1.82) is 0 Å². The van der Waals surface area contributed by atoms with Crippen molar-refractivity contribution in [1.82, 2.24) is 19.7 Å². The average molecular weight is 391 g/mol. The van der Waals surface area contributed by atoms with E-state index >= 15 is 0 Å². The van der Waals surface area contributed by atoms with Crippen LogP contribution in [0.4, 0.5) is 14.7 Å². The summed E-state index contributed by atoms with van der Waals surface area (Å²) in [5.41, 5.74) is 0.825. The first-order valence-corrected chi connectivity index (χ1v) is 9.05. The van der Waals surface area contributed by atoms with Crippen molar-refractivity contribution in [2.75, 3.05) is 19.0 Å². The van der Waals surface area contributed by atoms with Crippen LogP contribution in [0.1, 0.15) is 42.5 Å². The molecule has 2 N–H and O–H groups in total. The van der Waals surface area contributed by atoms with Gasteiger partial charge in [0.2, 0.25) is 5.95 Å². The Hall–Kier alpha value is -2.81. The Morgan fingerprint density at radius 3 is 2.36 bits per heavy atom. The van der Waals surface area contributed by atoms with Crippen LogP contribution in [-0.4, -0.2) is 39.0 Å². The van der Waals surface area contributed by atoms with Crippen LogP contribution in [0.25, 0.3) is 11.0 Å². The topological polar surface area (TPSA) is 87.0 Å². The van der Waals surface area contributed by atoms with E-state index in [1.165, 1.54) is 36.1 Å². The Morgan fingerprint density at radius 1 is 1.21 bits per heavy atom. The molecule has 0 atom stereocenters. The first-order chi connectivity index (χ1) is 13.4. The third-order valence-corrected chi connectivity index (χ3v) is 4.15. The number of fused-ring (bicyclic) bond motifs is 1. The van der Waals surface area contributed by atoms with E-state index in [1.54, 1.807) is 31.1 Å². The number of nitrogens with zero attached hydrogens (tertiary/aromatic N) is 4. The number of halogens is 2. The fourth-order valence-corrected chi connectivity index (χ4v) is 2.51. The number of alkyl halides is 2. The molecule has 3 aromatic rings. The van der Waals surface area contributed by atoms with Gasteiger partial charge >= 0.3 is 0 Å². The van der Waals surface area contributed by atoms with Gasteiger partial charge in [0.25, 0.3) is 12.0 Å². The van der Waals surface area contributed by atoms with Gasteiger partial charge in [-0.2, -0.15) is 10.1 Å². The number of anilines is 1. The maximum absolute atomic E-state index is 12.6. The molecule has 28 heavy (non-hydrogen) atoms. The molecule has 0 aliphatic heterocycles. The number of hydrogen-bond donors (Lipinski definition) is 2. The highest BCUT2D eigenvalue weighted by molar-refractivity contribution is 5.78. The minimum atomic E-state index is -2.52. The Kier molecular flexibility index (Phi) is 6.03. The van der Waals surface area contributed by atoms with E-state index in [-0.39, 0.29) is 23.2 Å². The molecule has 0 bridgehead atoms. The Bertz CT molecular complexity index is 991. The number of aliphatic hydroxyl groups is 1. The van der Waals surface area contributed by atoms with Crippen LogP contribution in [0.3, 0.4) is 0 Å². The van der Waals surface area contributed by atoms with Crippen LogP contribution in [0.2, 0.25) is 0 Å². The van der Waals surface area contributed by atoms with E-state index in [2.05, 4.69) is 15.1 Å². The molecule has 150 valence electrons. The SMILES string of the molecule is C1CC1.CN(C)c1nc2c(c(CO)nn2Cc2ccc(C(F)F)cc2)c(=O)[nH]1. The largest absolute Gasteiger partial charge is 0.390 e. The van der Waals surface area contributed by atoms with Crippen molar-refractivity contribution in [3.8, 4) is 0 Å².